The average Bonchev–Trinajstić information content (AvgIpc) is 2.53. The summed E-state index contributed by atoms with van der Waals surface area (Å²) in [6.07, 6.45) is 1.17. The van der Waals surface area contributed by atoms with Crippen LogP contribution in [0.15, 0.2) is 18.2 Å². The minimum atomic E-state index is -0.698. The van der Waals surface area contributed by atoms with Gasteiger partial charge in [-0.1, -0.05) is 19.9 Å². The van der Waals surface area contributed by atoms with Gasteiger partial charge < -0.3 is 25.8 Å². The number of primary amides is 1. The molecule has 1 aromatic carbocycles. The van der Waals surface area contributed by atoms with E-state index in [0.717, 1.165) is 5.56 Å². The largest absolute Gasteiger partial charge is 0.493 e. The Labute approximate surface area is 142 Å². The van der Waals surface area contributed by atoms with Gasteiger partial charge in [-0.25, -0.2) is 4.79 Å². The molecule has 0 saturated carbocycles. The van der Waals surface area contributed by atoms with E-state index in [0.29, 0.717) is 30.9 Å². The summed E-state index contributed by atoms with van der Waals surface area (Å²) in [5.74, 6) is 1.34. The van der Waals surface area contributed by atoms with Gasteiger partial charge in [-0.2, -0.15) is 0 Å². The first-order valence-corrected chi connectivity index (χ1v) is 7.92. The van der Waals surface area contributed by atoms with Crippen molar-refractivity contribution in [1.29, 1.82) is 0 Å². The predicted molar refractivity (Wildman–Crippen MR) is 92.2 cm³/mol. The van der Waals surface area contributed by atoms with Gasteiger partial charge in [0.1, 0.15) is 6.04 Å². The molecule has 0 aromatic heterocycles. The molecule has 24 heavy (non-hydrogen) atoms. The smallest absolute Gasteiger partial charge is 0.312 e. The van der Waals surface area contributed by atoms with E-state index in [4.69, 9.17) is 15.2 Å². The van der Waals surface area contributed by atoms with E-state index in [-0.39, 0.29) is 11.8 Å². The van der Waals surface area contributed by atoms with Crippen LogP contribution in [0.1, 0.15) is 25.8 Å². The van der Waals surface area contributed by atoms with Crippen LogP contribution in [0.4, 0.5) is 4.79 Å². The topological polar surface area (TPSA) is 103 Å². The Morgan fingerprint density at radius 2 is 1.83 bits per heavy atom. The summed E-state index contributed by atoms with van der Waals surface area (Å²) in [6.45, 7) is 4.41. The molecule has 0 spiro atoms. The highest BCUT2D eigenvalue weighted by Gasteiger charge is 2.20. The van der Waals surface area contributed by atoms with Crippen molar-refractivity contribution in [2.75, 3.05) is 20.8 Å². The minimum absolute atomic E-state index is 0.233. The maximum atomic E-state index is 12.2. The molecule has 0 heterocycles. The van der Waals surface area contributed by atoms with Crippen LogP contribution in [0.5, 0.6) is 11.5 Å². The molecule has 1 aromatic rings. The van der Waals surface area contributed by atoms with Crippen LogP contribution in [0.2, 0.25) is 0 Å². The first-order valence-electron chi connectivity index (χ1n) is 7.92. The van der Waals surface area contributed by atoms with E-state index < -0.39 is 12.1 Å². The third-order valence-corrected chi connectivity index (χ3v) is 3.50. The minimum Gasteiger partial charge on any atom is -0.493 e. The molecule has 4 N–H and O–H groups in total. The molecular formula is C17H27N3O4. The fourth-order valence-corrected chi connectivity index (χ4v) is 2.36. The molecule has 1 rings (SSSR count). The van der Waals surface area contributed by atoms with Crippen LogP contribution in [0.25, 0.3) is 0 Å². The lowest BCUT2D eigenvalue weighted by molar-refractivity contribution is -0.123. The summed E-state index contributed by atoms with van der Waals surface area (Å²) in [6, 6.07) is 4.30. The second-order valence-corrected chi connectivity index (χ2v) is 5.92. The Morgan fingerprint density at radius 1 is 1.17 bits per heavy atom. The summed E-state index contributed by atoms with van der Waals surface area (Å²) < 4.78 is 10.4. The molecule has 0 fully saturated rings. The number of amides is 3. The van der Waals surface area contributed by atoms with Gasteiger partial charge in [0.2, 0.25) is 5.91 Å². The van der Waals surface area contributed by atoms with Crippen molar-refractivity contribution in [1.82, 2.24) is 10.6 Å². The van der Waals surface area contributed by atoms with E-state index in [2.05, 4.69) is 10.6 Å². The Hall–Kier alpha value is -2.44. The van der Waals surface area contributed by atoms with Crippen molar-refractivity contribution in [3.63, 3.8) is 0 Å². The number of hydrogen-bond acceptors (Lipinski definition) is 4. The molecule has 1 atom stereocenters. The van der Waals surface area contributed by atoms with Crippen LogP contribution in [-0.2, 0) is 11.2 Å². The molecule has 0 saturated heterocycles. The van der Waals surface area contributed by atoms with Crippen molar-refractivity contribution < 1.29 is 19.1 Å². The highest BCUT2D eigenvalue weighted by Crippen LogP contribution is 2.27. The Balaban J connectivity index is 2.58. The summed E-state index contributed by atoms with van der Waals surface area (Å²) in [5.41, 5.74) is 6.14. The number of carbonyl (C=O) groups is 2. The molecule has 0 radical (unpaired) electrons. The van der Waals surface area contributed by atoms with Crippen molar-refractivity contribution in [2.45, 2.75) is 32.7 Å². The lowest BCUT2D eigenvalue weighted by atomic mass is 10.0. The quantitative estimate of drug-likeness (QED) is 0.634. The third kappa shape index (κ3) is 6.36. The van der Waals surface area contributed by atoms with Gasteiger partial charge in [-0.3, -0.25) is 4.79 Å². The maximum absolute atomic E-state index is 12.2. The van der Waals surface area contributed by atoms with Crippen LogP contribution >= 0.6 is 0 Å². The lowest BCUT2D eigenvalue weighted by Gasteiger charge is -2.19. The van der Waals surface area contributed by atoms with Crippen molar-refractivity contribution in [3.05, 3.63) is 23.8 Å². The number of ether oxygens (including phenoxy) is 2. The van der Waals surface area contributed by atoms with Gasteiger partial charge in [0.05, 0.1) is 14.2 Å². The Morgan fingerprint density at radius 3 is 2.38 bits per heavy atom. The Bertz CT molecular complexity index is 561. The lowest BCUT2D eigenvalue weighted by Crippen LogP contribution is -2.49. The van der Waals surface area contributed by atoms with E-state index >= 15 is 0 Å². The van der Waals surface area contributed by atoms with Crippen molar-refractivity contribution >= 4 is 11.9 Å². The highest BCUT2D eigenvalue weighted by atomic mass is 16.5. The number of methoxy groups -OCH3 is 2. The summed E-state index contributed by atoms with van der Waals surface area (Å²) in [7, 11) is 3.16. The van der Waals surface area contributed by atoms with Gasteiger partial charge >= 0.3 is 6.03 Å². The predicted octanol–water partition coefficient (Wildman–Crippen LogP) is 1.45. The summed E-state index contributed by atoms with van der Waals surface area (Å²) in [5, 5.41) is 5.31. The second kappa shape index (κ2) is 9.64. The molecular weight excluding hydrogens is 310 g/mol. The van der Waals surface area contributed by atoms with E-state index in [9.17, 15) is 9.59 Å². The number of nitrogens with two attached hydrogens (primary N) is 1. The fourth-order valence-electron chi connectivity index (χ4n) is 2.36. The summed E-state index contributed by atoms with van der Waals surface area (Å²) in [4.78, 5) is 23.2. The molecule has 3 amide bonds. The molecule has 134 valence electrons. The number of urea groups is 1. The molecule has 7 heteroatoms. The monoisotopic (exact) mass is 337 g/mol. The number of carbonyl (C=O) groups excluding carboxylic acids is 2. The maximum Gasteiger partial charge on any atom is 0.312 e. The standard InChI is InChI=1S/C17H27N3O4/c1-11(2)9-13(20-17(18)22)16(21)19-8-7-12-5-6-14(23-3)15(10-12)24-4/h5-6,10-11,13H,7-9H2,1-4H3,(H,19,21)(H3,18,20,22)/t13-/m1/s1. The van der Waals surface area contributed by atoms with Crippen LogP contribution in [0.3, 0.4) is 0 Å². The molecule has 0 aliphatic rings. The number of nitrogens with one attached hydrogen (secondary N) is 2. The molecule has 0 aliphatic carbocycles. The van der Waals surface area contributed by atoms with Crippen LogP contribution < -0.4 is 25.8 Å². The molecule has 0 bridgehead atoms. The zero-order chi connectivity index (χ0) is 18.1. The van der Waals surface area contributed by atoms with Gasteiger partial charge in [0.25, 0.3) is 0 Å². The van der Waals surface area contributed by atoms with Crippen LogP contribution in [0, 0.1) is 5.92 Å². The zero-order valence-corrected chi connectivity index (χ0v) is 14.7. The van der Waals surface area contributed by atoms with Crippen molar-refractivity contribution in [3.8, 4) is 11.5 Å². The molecule has 7 nitrogen and oxygen atoms in total. The fraction of sp³-hybridized carbons (Fsp3) is 0.529. The molecule has 0 aliphatic heterocycles. The second-order valence-electron chi connectivity index (χ2n) is 5.92. The third-order valence-electron chi connectivity index (χ3n) is 3.50. The molecule has 0 unspecified atom stereocenters. The SMILES string of the molecule is COc1ccc(CCNC(=O)[C@@H](CC(C)C)NC(N)=O)cc1OC. The van der Waals surface area contributed by atoms with Crippen molar-refractivity contribution in [2.24, 2.45) is 11.7 Å². The number of benzene rings is 1. The first kappa shape index (κ1) is 19.6. The van der Waals surface area contributed by atoms with Gasteiger partial charge in [-0.15, -0.1) is 0 Å². The Kier molecular flexibility index (Phi) is 7.88. The van der Waals surface area contributed by atoms with Gasteiger partial charge in [-0.05, 0) is 36.5 Å². The van der Waals surface area contributed by atoms with E-state index in [1.807, 2.05) is 32.0 Å². The average molecular weight is 337 g/mol. The normalized spacial score (nSPS) is 11.7. The van der Waals surface area contributed by atoms with Gasteiger partial charge in [0, 0.05) is 6.54 Å². The van der Waals surface area contributed by atoms with E-state index in [1.165, 1.54) is 0 Å². The zero-order valence-electron chi connectivity index (χ0n) is 14.7. The number of hydrogen-bond donors (Lipinski definition) is 3. The number of rotatable bonds is 9. The van der Waals surface area contributed by atoms with E-state index in [1.54, 1.807) is 14.2 Å². The highest BCUT2D eigenvalue weighted by molar-refractivity contribution is 5.86. The van der Waals surface area contributed by atoms with Crippen LogP contribution in [-0.4, -0.2) is 38.7 Å². The summed E-state index contributed by atoms with van der Waals surface area (Å²) >= 11 is 0. The first-order chi connectivity index (χ1) is 11.4. The van der Waals surface area contributed by atoms with Gasteiger partial charge in [0.15, 0.2) is 11.5 Å².